The number of nitrogens with one attached hydrogen (secondary N) is 1. The van der Waals surface area contributed by atoms with Crippen LogP contribution in [0.4, 0.5) is 4.79 Å². The highest BCUT2D eigenvalue weighted by Gasteiger charge is 2.34. The summed E-state index contributed by atoms with van der Waals surface area (Å²) in [5.41, 5.74) is 0. The number of carbonyl (C=O) groups is 3. The van der Waals surface area contributed by atoms with Gasteiger partial charge in [-0.15, -0.1) is 11.6 Å². The molecule has 0 unspecified atom stereocenters. The number of urea groups is 1. The molecule has 0 radical (unpaired) electrons. The van der Waals surface area contributed by atoms with Gasteiger partial charge in [-0.1, -0.05) is 0 Å². The molecule has 1 rings (SSSR count). The summed E-state index contributed by atoms with van der Waals surface area (Å²) in [4.78, 5) is 35.2. The third-order valence-electron chi connectivity index (χ3n) is 2.22. The maximum absolute atomic E-state index is 11.7. The number of ether oxygens (including phenoxy) is 1. The molecule has 0 spiro atoms. The topological polar surface area (TPSA) is 75.7 Å². The SMILES string of the molecule is CCOC(=O)CN(C(=O)NC(=O)CCl)C1CC1. The molecule has 0 aliphatic heterocycles. The van der Waals surface area contributed by atoms with Crippen molar-refractivity contribution in [3.8, 4) is 0 Å². The number of amides is 3. The fourth-order valence-electron chi connectivity index (χ4n) is 1.32. The van der Waals surface area contributed by atoms with Crippen LogP contribution in [-0.4, -0.2) is 47.9 Å². The molecule has 1 aliphatic carbocycles. The third kappa shape index (κ3) is 4.60. The number of hydrogen-bond donors (Lipinski definition) is 1. The normalized spacial score (nSPS) is 14.0. The average Bonchev–Trinajstić information content (AvgIpc) is 3.09. The highest BCUT2D eigenvalue weighted by atomic mass is 35.5. The molecule has 0 aromatic heterocycles. The molecule has 1 aliphatic rings. The molecule has 0 atom stereocenters. The summed E-state index contributed by atoms with van der Waals surface area (Å²) in [6.07, 6.45) is 1.67. The molecular formula is C10H15ClN2O4. The monoisotopic (exact) mass is 262 g/mol. The Kier molecular flexibility index (Phi) is 5.21. The third-order valence-corrected chi connectivity index (χ3v) is 2.46. The number of carbonyl (C=O) groups excluding carboxylic acids is 3. The zero-order chi connectivity index (χ0) is 12.8. The Morgan fingerprint density at radius 2 is 2.06 bits per heavy atom. The van der Waals surface area contributed by atoms with Crippen LogP contribution in [0.25, 0.3) is 0 Å². The number of esters is 1. The fourth-order valence-corrected chi connectivity index (χ4v) is 1.39. The van der Waals surface area contributed by atoms with Crippen LogP contribution in [0, 0.1) is 0 Å². The van der Waals surface area contributed by atoms with E-state index in [9.17, 15) is 14.4 Å². The molecule has 7 heteroatoms. The van der Waals surface area contributed by atoms with Gasteiger partial charge in [-0.3, -0.25) is 14.9 Å². The molecule has 0 aromatic rings. The molecule has 0 saturated heterocycles. The second-order valence-electron chi connectivity index (χ2n) is 3.65. The van der Waals surface area contributed by atoms with Gasteiger partial charge in [-0.25, -0.2) is 4.79 Å². The second kappa shape index (κ2) is 6.44. The largest absolute Gasteiger partial charge is 0.465 e. The van der Waals surface area contributed by atoms with Crippen LogP contribution in [0.5, 0.6) is 0 Å². The predicted octanol–water partition coefficient (Wildman–Crippen LogP) is 0.489. The van der Waals surface area contributed by atoms with Gasteiger partial charge in [0.1, 0.15) is 12.4 Å². The quantitative estimate of drug-likeness (QED) is 0.578. The minimum absolute atomic E-state index is 0.0162. The Morgan fingerprint density at radius 1 is 1.41 bits per heavy atom. The fraction of sp³-hybridized carbons (Fsp3) is 0.700. The number of alkyl halides is 1. The Morgan fingerprint density at radius 3 is 2.53 bits per heavy atom. The molecule has 0 bridgehead atoms. The van der Waals surface area contributed by atoms with Gasteiger partial charge >= 0.3 is 12.0 Å². The van der Waals surface area contributed by atoms with E-state index in [2.05, 4.69) is 5.32 Å². The van der Waals surface area contributed by atoms with E-state index in [1.165, 1.54) is 4.90 Å². The van der Waals surface area contributed by atoms with Gasteiger partial charge in [0.15, 0.2) is 0 Å². The van der Waals surface area contributed by atoms with Gasteiger partial charge in [0.05, 0.1) is 6.61 Å². The Hall–Kier alpha value is -1.30. The van der Waals surface area contributed by atoms with Gasteiger partial charge < -0.3 is 9.64 Å². The molecular weight excluding hydrogens is 248 g/mol. The summed E-state index contributed by atoms with van der Waals surface area (Å²) in [6, 6.07) is -0.575. The van der Waals surface area contributed by atoms with E-state index >= 15 is 0 Å². The average molecular weight is 263 g/mol. The highest BCUT2D eigenvalue weighted by Crippen LogP contribution is 2.26. The van der Waals surface area contributed by atoms with Crippen LogP contribution in [0.2, 0.25) is 0 Å². The van der Waals surface area contributed by atoms with Gasteiger partial charge in [-0.2, -0.15) is 0 Å². The Balaban J connectivity index is 2.50. The van der Waals surface area contributed by atoms with Crippen LogP contribution >= 0.6 is 11.6 Å². The van der Waals surface area contributed by atoms with Crippen molar-refractivity contribution in [3.63, 3.8) is 0 Å². The summed E-state index contributed by atoms with van der Waals surface area (Å²) in [6.45, 7) is 1.82. The smallest absolute Gasteiger partial charge is 0.325 e. The standard InChI is InChI=1S/C10H15ClN2O4/c1-2-17-9(15)6-13(7-3-4-7)10(16)12-8(14)5-11/h7H,2-6H2,1H3,(H,12,14,16). The molecule has 1 N–H and O–H groups in total. The minimum atomic E-state index is -0.591. The van der Waals surface area contributed by atoms with Crippen LogP contribution in [0.15, 0.2) is 0 Å². The van der Waals surface area contributed by atoms with Crippen LogP contribution in [-0.2, 0) is 14.3 Å². The molecule has 1 fully saturated rings. The van der Waals surface area contributed by atoms with Crippen molar-refractivity contribution >= 4 is 29.5 Å². The Labute approximate surface area is 104 Å². The zero-order valence-corrected chi connectivity index (χ0v) is 10.3. The maximum atomic E-state index is 11.7. The van der Waals surface area contributed by atoms with Gasteiger partial charge in [0, 0.05) is 6.04 Å². The van der Waals surface area contributed by atoms with Crippen molar-refractivity contribution in [1.29, 1.82) is 0 Å². The first-order valence-corrected chi connectivity index (χ1v) is 5.94. The van der Waals surface area contributed by atoms with E-state index in [1.807, 2.05) is 0 Å². The van der Waals surface area contributed by atoms with E-state index in [1.54, 1.807) is 6.92 Å². The molecule has 0 aromatic carbocycles. The van der Waals surface area contributed by atoms with E-state index in [0.717, 1.165) is 12.8 Å². The number of hydrogen-bond acceptors (Lipinski definition) is 4. The highest BCUT2D eigenvalue weighted by molar-refractivity contribution is 6.28. The van der Waals surface area contributed by atoms with E-state index in [-0.39, 0.29) is 25.1 Å². The summed E-state index contributed by atoms with van der Waals surface area (Å²) in [7, 11) is 0. The lowest BCUT2D eigenvalue weighted by Crippen LogP contribution is -2.46. The van der Waals surface area contributed by atoms with Crippen molar-refractivity contribution < 1.29 is 19.1 Å². The second-order valence-corrected chi connectivity index (χ2v) is 3.92. The summed E-state index contributed by atoms with van der Waals surface area (Å²) >= 11 is 5.28. The van der Waals surface area contributed by atoms with Crippen molar-refractivity contribution in [3.05, 3.63) is 0 Å². The van der Waals surface area contributed by atoms with E-state index < -0.39 is 17.9 Å². The Bertz CT molecular complexity index is 317. The number of imide groups is 1. The lowest BCUT2D eigenvalue weighted by atomic mass is 10.5. The summed E-state index contributed by atoms with van der Waals surface area (Å²) in [5.74, 6) is -1.34. The molecule has 1 saturated carbocycles. The zero-order valence-electron chi connectivity index (χ0n) is 9.57. The van der Waals surface area contributed by atoms with Gasteiger partial charge in [0.2, 0.25) is 5.91 Å². The van der Waals surface area contributed by atoms with E-state index in [4.69, 9.17) is 16.3 Å². The maximum Gasteiger partial charge on any atom is 0.325 e. The first-order valence-electron chi connectivity index (χ1n) is 5.40. The van der Waals surface area contributed by atoms with Crippen molar-refractivity contribution in [1.82, 2.24) is 10.2 Å². The molecule has 96 valence electrons. The first-order chi connectivity index (χ1) is 8.08. The van der Waals surface area contributed by atoms with Crippen molar-refractivity contribution in [2.75, 3.05) is 19.0 Å². The van der Waals surface area contributed by atoms with E-state index in [0.29, 0.717) is 0 Å². The first kappa shape index (κ1) is 13.8. The number of halogens is 1. The van der Waals surface area contributed by atoms with Crippen molar-refractivity contribution in [2.24, 2.45) is 0 Å². The van der Waals surface area contributed by atoms with Crippen LogP contribution in [0.3, 0.4) is 0 Å². The summed E-state index contributed by atoms with van der Waals surface area (Å²) < 4.78 is 4.76. The number of nitrogens with zero attached hydrogens (tertiary/aromatic N) is 1. The summed E-state index contributed by atoms with van der Waals surface area (Å²) in [5, 5.41) is 2.11. The van der Waals surface area contributed by atoms with Crippen molar-refractivity contribution in [2.45, 2.75) is 25.8 Å². The predicted molar refractivity (Wildman–Crippen MR) is 60.6 cm³/mol. The molecule has 6 nitrogen and oxygen atoms in total. The molecule has 3 amide bonds. The lowest BCUT2D eigenvalue weighted by molar-refractivity contribution is -0.144. The van der Waals surface area contributed by atoms with Crippen LogP contribution < -0.4 is 5.32 Å². The minimum Gasteiger partial charge on any atom is -0.465 e. The van der Waals surface area contributed by atoms with Crippen LogP contribution in [0.1, 0.15) is 19.8 Å². The van der Waals surface area contributed by atoms with Gasteiger partial charge in [0.25, 0.3) is 0 Å². The lowest BCUT2D eigenvalue weighted by Gasteiger charge is -2.20. The molecule has 0 heterocycles. The number of rotatable bonds is 5. The van der Waals surface area contributed by atoms with Gasteiger partial charge in [-0.05, 0) is 19.8 Å². The molecule has 17 heavy (non-hydrogen) atoms.